The van der Waals surface area contributed by atoms with E-state index >= 15 is 0 Å². The summed E-state index contributed by atoms with van der Waals surface area (Å²) in [5.74, 6) is -2.69. The molecule has 0 spiro atoms. The van der Waals surface area contributed by atoms with Gasteiger partial charge in [0.25, 0.3) is 5.91 Å². The monoisotopic (exact) mass is 573 g/mol. The fourth-order valence-corrected chi connectivity index (χ4v) is 5.74. The van der Waals surface area contributed by atoms with Crippen molar-refractivity contribution in [3.8, 4) is 6.01 Å². The Balaban J connectivity index is 1.66. The molecule has 1 fully saturated rings. The van der Waals surface area contributed by atoms with Crippen molar-refractivity contribution < 1.29 is 29.3 Å². The number of rotatable bonds is 10. The number of aliphatic hydroxyl groups excluding tert-OH is 1. The summed E-state index contributed by atoms with van der Waals surface area (Å²) in [7, 11) is 0. The number of nitrogens with zero attached hydrogens (tertiary/aromatic N) is 3. The van der Waals surface area contributed by atoms with Gasteiger partial charge < -0.3 is 30.5 Å². The number of hydrogen-bond acceptors (Lipinski definition) is 8. The molecule has 0 radical (unpaired) electrons. The Morgan fingerprint density at radius 3 is 2.50 bits per heavy atom. The van der Waals surface area contributed by atoms with Crippen LogP contribution in [0.3, 0.4) is 0 Å². The fraction of sp³-hybridized carbons (Fsp3) is 0.387. The van der Waals surface area contributed by atoms with E-state index in [1.54, 1.807) is 23.4 Å². The van der Waals surface area contributed by atoms with Crippen molar-refractivity contribution in [3.05, 3.63) is 82.7 Å². The number of amides is 2. The normalized spacial score (nSPS) is 19.2. The highest BCUT2D eigenvalue weighted by atomic mass is 16.5. The van der Waals surface area contributed by atoms with E-state index in [1.807, 2.05) is 37.3 Å². The number of carboxylic acid groups (broad SMARTS) is 1. The zero-order valence-electron chi connectivity index (χ0n) is 23.5. The van der Waals surface area contributed by atoms with Gasteiger partial charge in [0, 0.05) is 36.6 Å². The van der Waals surface area contributed by atoms with Crippen LogP contribution in [0.1, 0.15) is 62.5 Å². The third-order valence-electron chi connectivity index (χ3n) is 7.73. The van der Waals surface area contributed by atoms with E-state index in [0.717, 1.165) is 37.7 Å². The number of aliphatic carboxylic acids is 1. The van der Waals surface area contributed by atoms with Gasteiger partial charge in [0.2, 0.25) is 5.91 Å². The summed E-state index contributed by atoms with van der Waals surface area (Å²) in [5.41, 5.74) is 2.39. The first-order valence-electron chi connectivity index (χ1n) is 14.4. The first-order valence-corrected chi connectivity index (χ1v) is 14.4. The second-order valence-electron chi connectivity index (χ2n) is 10.6. The summed E-state index contributed by atoms with van der Waals surface area (Å²) >= 11 is 0. The van der Waals surface area contributed by atoms with Gasteiger partial charge in [-0.05, 0) is 31.2 Å². The van der Waals surface area contributed by atoms with Gasteiger partial charge in [0.1, 0.15) is 0 Å². The van der Waals surface area contributed by atoms with Crippen LogP contribution in [0.4, 0.5) is 0 Å². The number of nitrogens with one attached hydrogen (secondary N) is 2. The predicted molar refractivity (Wildman–Crippen MR) is 154 cm³/mol. The van der Waals surface area contributed by atoms with Gasteiger partial charge in [0.15, 0.2) is 11.5 Å². The van der Waals surface area contributed by atoms with E-state index in [4.69, 9.17) is 9.84 Å². The van der Waals surface area contributed by atoms with Crippen LogP contribution < -0.4 is 15.4 Å². The molecule has 1 saturated carbocycles. The van der Waals surface area contributed by atoms with Gasteiger partial charge >= 0.3 is 12.0 Å². The highest BCUT2D eigenvalue weighted by Gasteiger charge is 2.41. The number of hydrogen-bond donors (Lipinski definition) is 4. The number of fused-ring (bicyclic) bond motifs is 1. The molecule has 1 unspecified atom stereocenters. The van der Waals surface area contributed by atoms with E-state index in [1.165, 1.54) is 0 Å². The van der Waals surface area contributed by atoms with Crippen molar-refractivity contribution in [3.63, 3.8) is 0 Å². The van der Waals surface area contributed by atoms with Crippen LogP contribution in [0, 0.1) is 5.92 Å². The molecule has 1 atom stereocenters. The number of carboxylic acids is 1. The molecule has 3 aliphatic rings. The van der Waals surface area contributed by atoms with Crippen LogP contribution in [-0.2, 0) is 14.4 Å². The molecule has 0 bridgehead atoms. The summed E-state index contributed by atoms with van der Waals surface area (Å²) in [6.45, 7) is 2.52. The number of benzene rings is 1. The highest BCUT2D eigenvalue weighted by Crippen LogP contribution is 2.42. The molecule has 3 heterocycles. The zero-order valence-corrected chi connectivity index (χ0v) is 23.5. The van der Waals surface area contributed by atoms with Crippen LogP contribution in [-0.4, -0.2) is 62.6 Å². The van der Waals surface area contributed by atoms with Crippen LogP contribution >= 0.6 is 0 Å². The van der Waals surface area contributed by atoms with E-state index in [9.17, 15) is 19.5 Å². The minimum Gasteiger partial charge on any atom is -0.505 e. The molecule has 2 aliphatic heterocycles. The number of carbonyl (C=O) groups is 3. The lowest BCUT2D eigenvalue weighted by Crippen LogP contribution is -2.45. The maximum absolute atomic E-state index is 13.7. The Bertz CT molecular complexity index is 1430. The molecule has 42 heavy (non-hydrogen) atoms. The molecular formula is C31H35N5O6. The second kappa shape index (κ2) is 12.9. The smallest absolute Gasteiger partial charge is 0.316 e. The van der Waals surface area contributed by atoms with E-state index in [0.29, 0.717) is 35.7 Å². The maximum Gasteiger partial charge on any atom is 0.316 e. The molecule has 0 saturated heterocycles. The number of aliphatic hydroxyl groups is 1. The van der Waals surface area contributed by atoms with Crippen LogP contribution in [0.2, 0.25) is 0 Å². The molecule has 2 aromatic rings. The zero-order chi connectivity index (χ0) is 29.6. The standard InChI is InChI=1S/C31H35N5O6/c1-2-42-31-33-16-21(17-34-31)26-25-23(15-22(29(40)35-25)20-11-7-4-8-12-20)28(39)27(30(41)32-14-13-24(37)38)36(26)18-19-9-5-3-6-10-19/h4,7-8,11-12,15-17,19,22,39H,2-3,5-6,9-10,13-14,18H2,1H3,(H,32,41)(H,35,40)(H,37,38). The highest BCUT2D eigenvalue weighted by molar-refractivity contribution is 6.01. The molecule has 1 aromatic carbocycles. The summed E-state index contributed by atoms with van der Waals surface area (Å²) < 4.78 is 5.43. The SMILES string of the molecule is CCOc1ncc(C2=C3NC(=O)C(c4ccccc4)C=C3C(O)=C(C(=O)NCCC(=O)O)N2CC2CCCCC2)cn1. The van der Waals surface area contributed by atoms with Crippen molar-refractivity contribution in [2.45, 2.75) is 51.4 Å². The Morgan fingerprint density at radius 2 is 1.83 bits per heavy atom. The first kappa shape index (κ1) is 28.8. The lowest BCUT2D eigenvalue weighted by molar-refractivity contribution is -0.137. The molecule has 1 aromatic heterocycles. The molecule has 2 amide bonds. The average molecular weight is 574 g/mol. The maximum atomic E-state index is 13.7. The van der Waals surface area contributed by atoms with Gasteiger partial charge in [-0.15, -0.1) is 0 Å². The Kier molecular flexibility index (Phi) is 8.85. The van der Waals surface area contributed by atoms with Crippen molar-refractivity contribution in [1.82, 2.24) is 25.5 Å². The summed E-state index contributed by atoms with van der Waals surface area (Å²) in [6.07, 6.45) is 9.73. The lowest BCUT2D eigenvalue weighted by Gasteiger charge is -2.40. The second-order valence-corrected chi connectivity index (χ2v) is 10.6. The molecule has 4 N–H and O–H groups in total. The van der Waals surface area contributed by atoms with Gasteiger partial charge in [-0.3, -0.25) is 14.4 Å². The number of ether oxygens (including phenoxy) is 1. The van der Waals surface area contributed by atoms with Crippen LogP contribution in [0.5, 0.6) is 6.01 Å². The van der Waals surface area contributed by atoms with E-state index in [2.05, 4.69) is 20.6 Å². The predicted octanol–water partition coefficient (Wildman–Crippen LogP) is 3.64. The minimum atomic E-state index is -1.05. The summed E-state index contributed by atoms with van der Waals surface area (Å²) in [5, 5.41) is 26.5. The molecular weight excluding hydrogens is 538 g/mol. The van der Waals surface area contributed by atoms with Crippen molar-refractivity contribution in [1.29, 1.82) is 0 Å². The molecule has 1 aliphatic carbocycles. The van der Waals surface area contributed by atoms with Gasteiger partial charge in [-0.1, -0.05) is 55.7 Å². The Morgan fingerprint density at radius 1 is 1.12 bits per heavy atom. The largest absolute Gasteiger partial charge is 0.505 e. The molecule has 11 nitrogen and oxygen atoms in total. The Labute approximate surface area is 244 Å². The molecule has 5 rings (SSSR count). The number of aromatic nitrogens is 2. The Hall–Kier alpha value is -4.67. The van der Waals surface area contributed by atoms with Crippen molar-refractivity contribution >= 4 is 23.5 Å². The third-order valence-corrected chi connectivity index (χ3v) is 7.73. The van der Waals surface area contributed by atoms with Crippen LogP contribution in [0.25, 0.3) is 5.70 Å². The van der Waals surface area contributed by atoms with E-state index in [-0.39, 0.29) is 42.3 Å². The van der Waals surface area contributed by atoms with Crippen molar-refractivity contribution in [2.75, 3.05) is 19.7 Å². The minimum absolute atomic E-state index is 0.00666. The molecule has 11 heteroatoms. The lowest BCUT2D eigenvalue weighted by atomic mass is 9.85. The fourth-order valence-electron chi connectivity index (χ4n) is 5.74. The molecule has 220 valence electrons. The van der Waals surface area contributed by atoms with Gasteiger partial charge in [-0.25, -0.2) is 9.97 Å². The average Bonchev–Trinajstić information content (AvgIpc) is 2.99. The summed E-state index contributed by atoms with van der Waals surface area (Å²) in [6, 6.07) is 9.37. The first-order chi connectivity index (χ1) is 20.4. The quantitative estimate of drug-likeness (QED) is 0.334. The third kappa shape index (κ3) is 6.14. The van der Waals surface area contributed by atoms with Gasteiger partial charge in [0.05, 0.1) is 30.3 Å². The topological polar surface area (TPSA) is 154 Å². The van der Waals surface area contributed by atoms with E-state index < -0.39 is 17.8 Å². The number of carbonyl (C=O) groups excluding carboxylic acids is 2. The van der Waals surface area contributed by atoms with Gasteiger partial charge in [-0.2, -0.15) is 0 Å². The summed E-state index contributed by atoms with van der Waals surface area (Å²) in [4.78, 5) is 48.7. The van der Waals surface area contributed by atoms with Crippen LogP contribution in [0.15, 0.2) is 71.5 Å². The van der Waals surface area contributed by atoms with Crippen molar-refractivity contribution in [2.24, 2.45) is 5.92 Å².